The maximum Gasteiger partial charge on any atom is 0.416 e. The zero-order valence-electron chi connectivity index (χ0n) is 15.5. The molecule has 3 aromatic rings. The van der Waals surface area contributed by atoms with Gasteiger partial charge in [0.1, 0.15) is 5.82 Å². The molecule has 0 fully saturated rings. The number of hydrogen-bond donors (Lipinski definition) is 0. The molecule has 0 saturated carbocycles. The molecular weight excluding hydrogens is 398 g/mol. The summed E-state index contributed by atoms with van der Waals surface area (Å²) in [4.78, 5) is 5.50. The average molecular weight is 415 g/mol. The van der Waals surface area contributed by atoms with Crippen LogP contribution in [0.5, 0.6) is 0 Å². The zero-order valence-corrected chi connectivity index (χ0v) is 16.3. The minimum absolute atomic E-state index is 0.384. The van der Waals surface area contributed by atoms with Crippen LogP contribution >= 0.6 is 11.8 Å². The molecule has 0 radical (unpaired) electrons. The lowest BCUT2D eigenvalue weighted by Gasteiger charge is -2.08. The summed E-state index contributed by atoms with van der Waals surface area (Å²) in [6, 6.07) is 18.4. The van der Waals surface area contributed by atoms with Crippen LogP contribution < -0.4 is 0 Å². The topological polar surface area (TPSA) is 12.4 Å². The van der Waals surface area contributed by atoms with E-state index in [1.807, 2.05) is 36.6 Å². The van der Waals surface area contributed by atoms with Crippen LogP contribution in [0, 0.1) is 12.7 Å². The Bertz CT molecular complexity index is 1000. The number of allylic oxidation sites excluding steroid dienone is 1. The normalized spacial score (nSPS) is 12.5. The SMILES string of the molecule is Cc1ccc(SC=CC(=Nc2ccc(F)cc2)c2ccc(C(F)(F)F)cc2)cc1. The van der Waals surface area contributed by atoms with Crippen molar-refractivity contribution < 1.29 is 17.6 Å². The Morgan fingerprint density at radius 1 is 0.862 bits per heavy atom. The average Bonchev–Trinajstić information content (AvgIpc) is 2.70. The number of alkyl halides is 3. The lowest BCUT2D eigenvalue weighted by Crippen LogP contribution is -2.05. The monoisotopic (exact) mass is 415 g/mol. The molecule has 1 nitrogen and oxygen atoms in total. The van der Waals surface area contributed by atoms with E-state index in [0.29, 0.717) is 17.0 Å². The summed E-state index contributed by atoms with van der Waals surface area (Å²) >= 11 is 1.47. The van der Waals surface area contributed by atoms with E-state index < -0.39 is 11.7 Å². The first kappa shape index (κ1) is 20.9. The van der Waals surface area contributed by atoms with Crippen molar-refractivity contribution in [2.45, 2.75) is 18.0 Å². The summed E-state index contributed by atoms with van der Waals surface area (Å²) in [6.07, 6.45) is -2.67. The van der Waals surface area contributed by atoms with Gasteiger partial charge in [-0.15, -0.1) is 0 Å². The van der Waals surface area contributed by atoms with E-state index in [4.69, 9.17) is 0 Å². The van der Waals surface area contributed by atoms with Gasteiger partial charge in [0, 0.05) is 10.5 Å². The molecule has 0 aliphatic carbocycles. The Morgan fingerprint density at radius 3 is 2.07 bits per heavy atom. The number of thioether (sulfide) groups is 1. The molecule has 3 rings (SSSR count). The van der Waals surface area contributed by atoms with Crippen molar-refractivity contribution in [1.29, 1.82) is 0 Å². The second-order valence-electron chi connectivity index (χ2n) is 6.28. The van der Waals surface area contributed by atoms with Gasteiger partial charge in [0.2, 0.25) is 0 Å². The molecule has 0 aliphatic rings. The predicted octanol–water partition coefficient (Wildman–Crippen LogP) is 7.58. The van der Waals surface area contributed by atoms with E-state index in [-0.39, 0.29) is 5.82 Å². The van der Waals surface area contributed by atoms with Crippen molar-refractivity contribution >= 4 is 23.2 Å². The first-order valence-electron chi connectivity index (χ1n) is 8.73. The molecule has 0 unspecified atom stereocenters. The standard InChI is InChI=1S/C23H17F4NS/c1-16-2-12-21(13-3-16)29-15-14-22(28-20-10-8-19(24)9-11-20)17-4-6-18(7-5-17)23(25,26)27/h2-15H,1H3. The smallest absolute Gasteiger partial charge is 0.248 e. The number of rotatable bonds is 5. The fraction of sp³-hybridized carbons (Fsp3) is 0.0870. The Balaban J connectivity index is 1.89. The highest BCUT2D eigenvalue weighted by Gasteiger charge is 2.30. The summed E-state index contributed by atoms with van der Waals surface area (Å²) in [6.45, 7) is 2.00. The van der Waals surface area contributed by atoms with E-state index in [2.05, 4.69) is 4.99 Å². The number of aliphatic imine (C=N–C) groups is 1. The molecule has 148 valence electrons. The van der Waals surface area contributed by atoms with Gasteiger partial charge >= 0.3 is 6.18 Å². The minimum Gasteiger partial charge on any atom is -0.248 e. The number of aryl methyl sites for hydroxylation is 1. The Morgan fingerprint density at radius 2 is 1.48 bits per heavy atom. The lowest BCUT2D eigenvalue weighted by molar-refractivity contribution is -0.137. The van der Waals surface area contributed by atoms with Gasteiger partial charge in [-0.05, 0) is 66.9 Å². The second-order valence-corrected chi connectivity index (χ2v) is 7.26. The molecule has 0 aliphatic heterocycles. The first-order valence-corrected chi connectivity index (χ1v) is 9.61. The van der Waals surface area contributed by atoms with Crippen LogP contribution in [0.2, 0.25) is 0 Å². The molecule has 0 aromatic heterocycles. The Labute approximate surface area is 170 Å². The van der Waals surface area contributed by atoms with E-state index >= 15 is 0 Å². The molecule has 0 spiro atoms. The van der Waals surface area contributed by atoms with Crippen molar-refractivity contribution in [1.82, 2.24) is 0 Å². The van der Waals surface area contributed by atoms with Crippen molar-refractivity contribution in [3.8, 4) is 0 Å². The minimum atomic E-state index is -4.40. The maximum atomic E-state index is 13.1. The molecule has 0 atom stereocenters. The van der Waals surface area contributed by atoms with Gasteiger partial charge in [-0.3, -0.25) is 0 Å². The van der Waals surface area contributed by atoms with E-state index in [1.165, 1.54) is 48.2 Å². The predicted molar refractivity (Wildman–Crippen MR) is 110 cm³/mol. The van der Waals surface area contributed by atoms with E-state index in [0.717, 1.165) is 22.6 Å². The quantitative estimate of drug-likeness (QED) is 0.238. The van der Waals surface area contributed by atoms with Gasteiger partial charge in [0.05, 0.1) is 17.0 Å². The van der Waals surface area contributed by atoms with Gasteiger partial charge in [-0.1, -0.05) is 41.6 Å². The molecular formula is C23H17F4NS. The Hall–Kier alpha value is -2.86. The molecule has 0 amide bonds. The van der Waals surface area contributed by atoms with Crippen LogP contribution in [0.1, 0.15) is 16.7 Å². The van der Waals surface area contributed by atoms with Crippen LogP contribution in [0.15, 0.2) is 94.2 Å². The maximum absolute atomic E-state index is 13.1. The van der Waals surface area contributed by atoms with Crippen molar-refractivity contribution in [2.24, 2.45) is 4.99 Å². The van der Waals surface area contributed by atoms with Gasteiger partial charge in [0.25, 0.3) is 0 Å². The summed E-state index contributed by atoms with van der Waals surface area (Å²) < 4.78 is 51.7. The fourth-order valence-electron chi connectivity index (χ4n) is 2.48. The summed E-state index contributed by atoms with van der Waals surface area (Å²) in [5, 5.41) is 1.82. The largest absolute Gasteiger partial charge is 0.416 e. The molecule has 0 N–H and O–H groups in total. The Kier molecular flexibility index (Phi) is 6.54. The van der Waals surface area contributed by atoms with Crippen LogP contribution in [0.4, 0.5) is 23.2 Å². The molecule has 6 heteroatoms. The number of benzene rings is 3. The van der Waals surface area contributed by atoms with Gasteiger partial charge in [-0.25, -0.2) is 9.38 Å². The van der Waals surface area contributed by atoms with Gasteiger partial charge < -0.3 is 0 Å². The molecule has 3 aromatic carbocycles. The van der Waals surface area contributed by atoms with Crippen LogP contribution in [-0.4, -0.2) is 5.71 Å². The van der Waals surface area contributed by atoms with Crippen molar-refractivity contribution in [3.63, 3.8) is 0 Å². The number of halogens is 4. The highest BCUT2D eigenvalue weighted by atomic mass is 32.2. The molecule has 29 heavy (non-hydrogen) atoms. The lowest BCUT2D eigenvalue weighted by atomic mass is 10.1. The fourth-order valence-corrected chi connectivity index (χ4v) is 3.12. The number of nitrogens with zero attached hydrogens (tertiary/aromatic N) is 1. The van der Waals surface area contributed by atoms with Gasteiger partial charge in [-0.2, -0.15) is 13.2 Å². The molecule has 0 heterocycles. The second kappa shape index (κ2) is 9.09. The van der Waals surface area contributed by atoms with E-state index in [9.17, 15) is 17.6 Å². The van der Waals surface area contributed by atoms with Crippen LogP contribution in [0.25, 0.3) is 0 Å². The zero-order chi connectivity index (χ0) is 20.9. The third-order valence-corrected chi connectivity index (χ3v) is 4.85. The third kappa shape index (κ3) is 6.06. The van der Waals surface area contributed by atoms with E-state index in [1.54, 1.807) is 6.08 Å². The molecule has 0 bridgehead atoms. The van der Waals surface area contributed by atoms with Crippen LogP contribution in [0.3, 0.4) is 0 Å². The number of hydrogen-bond acceptors (Lipinski definition) is 2. The summed E-state index contributed by atoms with van der Waals surface area (Å²) in [7, 11) is 0. The van der Waals surface area contributed by atoms with Crippen molar-refractivity contribution in [2.75, 3.05) is 0 Å². The van der Waals surface area contributed by atoms with Crippen molar-refractivity contribution in [3.05, 3.63) is 107 Å². The van der Waals surface area contributed by atoms with Crippen LogP contribution in [-0.2, 0) is 6.18 Å². The first-order chi connectivity index (χ1) is 13.8. The summed E-state index contributed by atoms with van der Waals surface area (Å²) in [5.74, 6) is -0.384. The highest BCUT2D eigenvalue weighted by molar-refractivity contribution is 8.02. The highest BCUT2D eigenvalue weighted by Crippen LogP contribution is 2.29. The summed E-state index contributed by atoms with van der Waals surface area (Å²) in [5.41, 5.74) is 1.95. The third-order valence-electron chi connectivity index (χ3n) is 4.04. The van der Waals surface area contributed by atoms with Gasteiger partial charge in [0.15, 0.2) is 0 Å². The molecule has 0 saturated heterocycles.